The predicted octanol–water partition coefficient (Wildman–Crippen LogP) is 2.18. The minimum absolute atomic E-state index is 0.0507. The summed E-state index contributed by atoms with van der Waals surface area (Å²) in [5.41, 5.74) is 3.28. The standard InChI is InChI=1S/C22H30FN5O3/c1-4-28-15(3)22(14(2)26-28)25-21(29)11-27-9-19-20(10-27)31-13-18(12-30-19)24-17-7-5-6-16(23)8-17/h5-8,18-20,24H,4,9-13H2,1-3H3,(H,25,29)/t19-,20-/m0/s1. The summed E-state index contributed by atoms with van der Waals surface area (Å²) < 4.78 is 27.4. The van der Waals surface area contributed by atoms with Gasteiger partial charge in [0.25, 0.3) is 0 Å². The van der Waals surface area contributed by atoms with Crippen LogP contribution in [0.2, 0.25) is 0 Å². The van der Waals surface area contributed by atoms with E-state index >= 15 is 0 Å². The van der Waals surface area contributed by atoms with Crippen LogP contribution >= 0.6 is 0 Å². The van der Waals surface area contributed by atoms with E-state index in [0.717, 1.165) is 23.6 Å². The molecule has 0 bridgehead atoms. The van der Waals surface area contributed by atoms with Gasteiger partial charge in [0.05, 0.1) is 55.1 Å². The average Bonchev–Trinajstić information content (AvgIpc) is 3.17. The fourth-order valence-corrected chi connectivity index (χ4v) is 4.26. The number of aryl methyl sites for hydroxylation is 2. The molecule has 0 spiro atoms. The van der Waals surface area contributed by atoms with Gasteiger partial charge >= 0.3 is 0 Å². The first kappa shape index (κ1) is 21.7. The average molecular weight is 432 g/mol. The minimum atomic E-state index is -0.279. The molecule has 1 aromatic carbocycles. The number of benzene rings is 1. The summed E-state index contributed by atoms with van der Waals surface area (Å²) in [6.45, 7) is 9.13. The van der Waals surface area contributed by atoms with E-state index in [0.29, 0.717) is 32.0 Å². The second-order valence-corrected chi connectivity index (χ2v) is 8.20. The molecule has 3 heterocycles. The van der Waals surface area contributed by atoms with Crippen molar-refractivity contribution in [2.24, 2.45) is 0 Å². The minimum Gasteiger partial charge on any atom is -0.378 e. The van der Waals surface area contributed by atoms with E-state index < -0.39 is 0 Å². The van der Waals surface area contributed by atoms with Gasteiger partial charge in [0.1, 0.15) is 5.82 Å². The van der Waals surface area contributed by atoms with Gasteiger partial charge in [-0.25, -0.2) is 4.39 Å². The zero-order chi connectivity index (χ0) is 22.0. The van der Waals surface area contributed by atoms with Gasteiger partial charge in [-0.15, -0.1) is 0 Å². The largest absolute Gasteiger partial charge is 0.378 e. The van der Waals surface area contributed by atoms with E-state index in [4.69, 9.17) is 9.47 Å². The normalized spacial score (nSPS) is 22.2. The van der Waals surface area contributed by atoms with Gasteiger partial charge in [0.2, 0.25) is 5.91 Å². The van der Waals surface area contributed by atoms with E-state index in [1.165, 1.54) is 12.1 Å². The Balaban J connectivity index is 1.27. The fourth-order valence-electron chi connectivity index (χ4n) is 4.26. The van der Waals surface area contributed by atoms with E-state index in [1.807, 2.05) is 31.5 Å². The highest BCUT2D eigenvalue weighted by Gasteiger charge is 2.38. The van der Waals surface area contributed by atoms with Crippen LogP contribution in [0.5, 0.6) is 0 Å². The van der Waals surface area contributed by atoms with Crippen LogP contribution in [0.25, 0.3) is 0 Å². The number of likely N-dealkylation sites (tertiary alicyclic amines) is 1. The molecule has 2 fully saturated rings. The van der Waals surface area contributed by atoms with E-state index in [1.54, 1.807) is 6.07 Å². The quantitative estimate of drug-likeness (QED) is 0.730. The molecule has 4 rings (SSSR count). The summed E-state index contributed by atoms with van der Waals surface area (Å²) in [6, 6.07) is 6.32. The maximum atomic E-state index is 13.4. The lowest BCUT2D eigenvalue weighted by Crippen LogP contribution is -2.34. The number of hydrogen-bond acceptors (Lipinski definition) is 6. The first-order chi connectivity index (χ1) is 14.9. The van der Waals surface area contributed by atoms with Crippen LogP contribution in [0.3, 0.4) is 0 Å². The molecule has 0 unspecified atom stereocenters. The van der Waals surface area contributed by atoms with Crippen LogP contribution in [0.1, 0.15) is 18.3 Å². The number of hydrogen-bond donors (Lipinski definition) is 2. The molecular weight excluding hydrogens is 401 g/mol. The van der Waals surface area contributed by atoms with Crippen LogP contribution in [-0.4, -0.2) is 71.7 Å². The van der Waals surface area contributed by atoms with Crippen molar-refractivity contribution in [1.82, 2.24) is 14.7 Å². The Morgan fingerprint density at radius 2 is 1.94 bits per heavy atom. The summed E-state index contributed by atoms with van der Waals surface area (Å²) in [5.74, 6) is -0.345. The second kappa shape index (κ2) is 9.33. The lowest BCUT2D eigenvalue weighted by molar-refractivity contribution is -0.117. The molecule has 2 atom stereocenters. The first-order valence-electron chi connectivity index (χ1n) is 10.7. The Hall–Kier alpha value is -2.49. The van der Waals surface area contributed by atoms with Gasteiger partial charge < -0.3 is 20.1 Å². The van der Waals surface area contributed by atoms with Gasteiger partial charge in [0, 0.05) is 25.3 Å². The van der Waals surface area contributed by atoms with Crippen LogP contribution in [0.4, 0.5) is 15.8 Å². The van der Waals surface area contributed by atoms with Gasteiger partial charge in [-0.2, -0.15) is 5.10 Å². The molecule has 1 amide bonds. The number of anilines is 2. The van der Waals surface area contributed by atoms with Crippen LogP contribution in [0, 0.1) is 19.7 Å². The van der Waals surface area contributed by atoms with Crippen molar-refractivity contribution < 1.29 is 18.7 Å². The third-order valence-electron chi connectivity index (χ3n) is 5.82. The molecule has 0 saturated carbocycles. The Bertz CT molecular complexity index is 918. The van der Waals surface area contributed by atoms with Crippen molar-refractivity contribution in [3.05, 3.63) is 41.5 Å². The first-order valence-corrected chi connectivity index (χ1v) is 10.7. The van der Waals surface area contributed by atoms with E-state index in [-0.39, 0.29) is 36.5 Å². The lowest BCUT2D eigenvalue weighted by atomic mass is 10.2. The zero-order valence-corrected chi connectivity index (χ0v) is 18.2. The Kier molecular flexibility index (Phi) is 6.54. The van der Waals surface area contributed by atoms with Gasteiger partial charge in [0.15, 0.2) is 0 Å². The summed E-state index contributed by atoms with van der Waals surface area (Å²) >= 11 is 0. The van der Waals surface area contributed by atoms with E-state index in [2.05, 4.69) is 20.6 Å². The van der Waals surface area contributed by atoms with Crippen molar-refractivity contribution in [3.63, 3.8) is 0 Å². The molecule has 2 aliphatic heterocycles. The van der Waals surface area contributed by atoms with Crippen molar-refractivity contribution in [1.29, 1.82) is 0 Å². The fraction of sp³-hybridized carbons (Fsp3) is 0.545. The summed E-state index contributed by atoms with van der Waals surface area (Å²) in [7, 11) is 0. The Morgan fingerprint density at radius 1 is 1.23 bits per heavy atom. The second-order valence-electron chi connectivity index (χ2n) is 8.20. The van der Waals surface area contributed by atoms with Gasteiger partial charge in [-0.1, -0.05) is 6.07 Å². The molecule has 1 aromatic heterocycles. The smallest absolute Gasteiger partial charge is 0.238 e. The number of carbonyl (C=O) groups is 1. The predicted molar refractivity (Wildman–Crippen MR) is 116 cm³/mol. The highest BCUT2D eigenvalue weighted by Crippen LogP contribution is 2.23. The number of nitrogens with one attached hydrogen (secondary N) is 2. The Morgan fingerprint density at radius 3 is 2.55 bits per heavy atom. The SMILES string of the molecule is CCn1nc(C)c(NC(=O)CN2C[C@@H]3OCC(Nc4cccc(F)c4)CO[C@H]3C2)c1C. The van der Waals surface area contributed by atoms with Crippen molar-refractivity contribution >= 4 is 17.3 Å². The highest BCUT2D eigenvalue weighted by molar-refractivity contribution is 5.93. The number of halogens is 1. The molecule has 2 aromatic rings. The number of ether oxygens (including phenoxy) is 2. The summed E-state index contributed by atoms with van der Waals surface area (Å²) in [5, 5.41) is 10.7. The molecular formula is C22H30FN5O3. The van der Waals surface area contributed by atoms with Crippen molar-refractivity contribution in [2.75, 3.05) is 43.5 Å². The van der Waals surface area contributed by atoms with Crippen LogP contribution < -0.4 is 10.6 Å². The molecule has 2 saturated heterocycles. The topological polar surface area (TPSA) is 80.7 Å². The molecule has 0 radical (unpaired) electrons. The number of carbonyl (C=O) groups excluding carboxylic acids is 1. The molecule has 2 aliphatic rings. The van der Waals surface area contributed by atoms with E-state index in [9.17, 15) is 9.18 Å². The Labute approximate surface area is 181 Å². The maximum Gasteiger partial charge on any atom is 0.238 e. The lowest BCUT2D eigenvalue weighted by Gasteiger charge is -2.19. The van der Waals surface area contributed by atoms with Crippen molar-refractivity contribution in [3.8, 4) is 0 Å². The highest BCUT2D eigenvalue weighted by atomic mass is 19.1. The van der Waals surface area contributed by atoms with Crippen LogP contribution in [0.15, 0.2) is 24.3 Å². The molecule has 0 aliphatic carbocycles. The third-order valence-corrected chi connectivity index (χ3v) is 5.82. The number of fused-ring (bicyclic) bond motifs is 1. The maximum absolute atomic E-state index is 13.4. The number of rotatable bonds is 6. The number of nitrogens with zero attached hydrogens (tertiary/aromatic N) is 3. The molecule has 31 heavy (non-hydrogen) atoms. The van der Waals surface area contributed by atoms with Crippen LogP contribution in [-0.2, 0) is 20.8 Å². The number of amides is 1. The molecule has 9 heteroatoms. The molecule has 2 N–H and O–H groups in total. The summed E-state index contributed by atoms with van der Waals surface area (Å²) in [4.78, 5) is 14.7. The monoisotopic (exact) mass is 431 g/mol. The molecule has 8 nitrogen and oxygen atoms in total. The summed E-state index contributed by atoms with van der Waals surface area (Å²) in [6.07, 6.45) is -0.170. The van der Waals surface area contributed by atoms with Gasteiger partial charge in [-0.05, 0) is 39.0 Å². The van der Waals surface area contributed by atoms with Gasteiger partial charge in [-0.3, -0.25) is 14.4 Å². The third kappa shape index (κ3) is 5.06. The number of aromatic nitrogens is 2. The van der Waals surface area contributed by atoms with Crippen molar-refractivity contribution in [2.45, 2.75) is 45.6 Å². The molecule has 168 valence electrons. The zero-order valence-electron chi connectivity index (χ0n) is 18.2.